The summed E-state index contributed by atoms with van der Waals surface area (Å²) in [5.74, 6) is -0.110. The Morgan fingerprint density at radius 2 is 1.82 bits per heavy atom. The van der Waals surface area contributed by atoms with E-state index < -0.39 is 18.5 Å². The lowest BCUT2D eigenvalue weighted by molar-refractivity contribution is -0.119. The number of hydrogen-bond acceptors (Lipinski definition) is 10. The highest BCUT2D eigenvalue weighted by Gasteiger charge is 2.22. The third-order valence-corrected chi connectivity index (χ3v) is 5.79. The maximum Gasteiger partial charge on any atom is 0.339 e. The van der Waals surface area contributed by atoms with Gasteiger partial charge < -0.3 is 28.8 Å². The van der Waals surface area contributed by atoms with Crippen molar-refractivity contribution in [3.8, 4) is 27.8 Å². The van der Waals surface area contributed by atoms with Crippen LogP contribution in [-0.2, 0) is 9.53 Å². The number of fused-ring (bicyclic) bond motifs is 1. The number of amides is 1. The molecule has 0 unspecified atom stereocenters. The molecule has 10 nitrogen and oxygen atoms in total. The zero-order valence-electron chi connectivity index (χ0n) is 18.8. The molecule has 4 aromatic rings. The molecule has 0 atom stereocenters. The minimum absolute atomic E-state index is 0.215. The molecule has 0 saturated heterocycles. The van der Waals surface area contributed by atoms with Crippen LogP contribution in [0.4, 0.5) is 5.69 Å². The Kier molecular flexibility index (Phi) is 6.64. The van der Waals surface area contributed by atoms with E-state index in [0.29, 0.717) is 39.7 Å². The zero-order chi connectivity index (χ0) is 24.2. The number of hydrogen-bond donors (Lipinski definition) is 1. The first-order valence-electron chi connectivity index (χ1n) is 10.0. The number of anilines is 1. The molecular weight excluding hydrogens is 462 g/mol. The molecule has 4 rings (SSSR count). The first-order valence-corrected chi connectivity index (χ1v) is 10.9. The standard InChI is InChI=1S/C23H21N3O7S/c1-12-20-14(10-15(18-6-5-7-34-18)25-22(20)33-26-12)23(28)32-11-19(27)24-13-8-16(29-2)21(31-4)17(9-13)30-3/h5-10H,11H2,1-4H3,(H,24,27). The summed E-state index contributed by atoms with van der Waals surface area (Å²) >= 11 is 1.47. The van der Waals surface area contributed by atoms with E-state index in [2.05, 4.69) is 15.5 Å². The highest BCUT2D eigenvalue weighted by atomic mass is 32.1. The Morgan fingerprint density at radius 1 is 1.09 bits per heavy atom. The van der Waals surface area contributed by atoms with E-state index in [4.69, 9.17) is 23.5 Å². The molecule has 11 heteroatoms. The SMILES string of the molecule is COc1cc(NC(=O)COC(=O)c2cc(-c3cccs3)nc3onc(C)c23)cc(OC)c1OC. The van der Waals surface area contributed by atoms with Crippen molar-refractivity contribution in [2.24, 2.45) is 0 Å². The average Bonchev–Trinajstić information content (AvgIpc) is 3.51. The van der Waals surface area contributed by atoms with Crippen molar-refractivity contribution in [3.05, 3.63) is 47.0 Å². The maximum absolute atomic E-state index is 12.9. The van der Waals surface area contributed by atoms with Crippen molar-refractivity contribution >= 4 is 40.0 Å². The predicted molar refractivity (Wildman–Crippen MR) is 125 cm³/mol. The lowest BCUT2D eigenvalue weighted by Gasteiger charge is -2.14. The molecule has 0 bridgehead atoms. The van der Waals surface area contributed by atoms with Gasteiger partial charge in [-0.25, -0.2) is 9.78 Å². The van der Waals surface area contributed by atoms with Crippen LogP contribution in [0.3, 0.4) is 0 Å². The van der Waals surface area contributed by atoms with Crippen LogP contribution in [0.1, 0.15) is 16.1 Å². The molecule has 1 amide bonds. The van der Waals surface area contributed by atoms with E-state index in [9.17, 15) is 9.59 Å². The van der Waals surface area contributed by atoms with Crippen LogP contribution in [0.15, 0.2) is 40.2 Å². The maximum atomic E-state index is 12.9. The first-order chi connectivity index (χ1) is 16.4. The molecule has 3 heterocycles. The molecule has 3 aromatic heterocycles. The smallest absolute Gasteiger partial charge is 0.339 e. The Morgan fingerprint density at radius 3 is 2.44 bits per heavy atom. The highest BCUT2D eigenvalue weighted by Crippen LogP contribution is 2.40. The molecular formula is C23H21N3O7S. The minimum atomic E-state index is -0.698. The monoisotopic (exact) mass is 483 g/mol. The van der Waals surface area contributed by atoms with Crippen LogP contribution >= 0.6 is 11.3 Å². The van der Waals surface area contributed by atoms with Gasteiger partial charge in [-0.15, -0.1) is 11.3 Å². The normalized spacial score (nSPS) is 10.7. The number of esters is 1. The number of carbonyl (C=O) groups excluding carboxylic acids is 2. The van der Waals surface area contributed by atoms with Crippen LogP contribution in [0, 0.1) is 6.92 Å². The molecule has 0 aliphatic heterocycles. The number of carbonyl (C=O) groups is 2. The van der Waals surface area contributed by atoms with Gasteiger partial charge in [-0.2, -0.15) is 0 Å². The van der Waals surface area contributed by atoms with Crippen LogP contribution in [-0.4, -0.2) is 50.0 Å². The molecule has 0 aliphatic rings. The molecule has 1 N–H and O–H groups in total. The van der Waals surface area contributed by atoms with Gasteiger partial charge in [-0.1, -0.05) is 11.2 Å². The number of benzene rings is 1. The van der Waals surface area contributed by atoms with Crippen LogP contribution in [0.2, 0.25) is 0 Å². The molecule has 0 radical (unpaired) electrons. The fourth-order valence-corrected chi connectivity index (χ4v) is 4.05. The number of thiophene rings is 1. The molecule has 0 aliphatic carbocycles. The van der Waals surface area contributed by atoms with E-state index in [1.165, 1.54) is 32.7 Å². The van der Waals surface area contributed by atoms with Crippen molar-refractivity contribution < 1.29 is 33.1 Å². The third-order valence-electron chi connectivity index (χ3n) is 4.89. The fourth-order valence-electron chi connectivity index (χ4n) is 3.37. The second-order valence-electron chi connectivity index (χ2n) is 7.02. The van der Waals surface area contributed by atoms with Crippen molar-refractivity contribution in [2.45, 2.75) is 6.92 Å². The summed E-state index contributed by atoms with van der Waals surface area (Å²) in [4.78, 5) is 30.7. The number of methoxy groups -OCH3 is 3. The van der Waals surface area contributed by atoms with Gasteiger partial charge >= 0.3 is 5.97 Å². The Labute approximate surface area is 198 Å². The average molecular weight is 484 g/mol. The van der Waals surface area contributed by atoms with Gasteiger partial charge in [0, 0.05) is 17.8 Å². The second-order valence-corrected chi connectivity index (χ2v) is 7.97. The largest absolute Gasteiger partial charge is 0.493 e. The van der Waals surface area contributed by atoms with Crippen molar-refractivity contribution in [2.75, 3.05) is 33.3 Å². The molecule has 0 saturated carbocycles. The summed E-state index contributed by atoms with van der Waals surface area (Å²) in [5, 5.41) is 8.90. The Balaban J connectivity index is 1.52. The summed E-state index contributed by atoms with van der Waals surface area (Å²) in [7, 11) is 4.42. The second kappa shape index (κ2) is 9.79. The molecule has 0 spiro atoms. The van der Waals surface area contributed by atoms with Gasteiger partial charge in [0.2, 0.25) is 5.75 Å². The van der Waals surface area contributed by atoms with Gasteiger partial charge in [0.1, 0.15) is 0 Å². The fraction of sp³-hybridized carbons (Fsp3) is 0.217. The summed E-state index contributed by atoms with van der Waals surface area (Å²) in [6, 6.07) is 8.51. The van der Waals surface area contributed by atoms with Crippen molar-refractivity contribution in [1.29, 1.82) is 0 Å². The van der Waals surface area contributed by atoms with Gasteiger partial charge in [-0.05, 0) is 24.4 Å². The number of aromatic nitrogens is 2. The third kappa shape index (κ3) is 4.50. The summed E-state index contributed by atoms with van der Waals surface area (Å²) in [6.45, 7) is 1.18. The van der Waals surface area contributed by atoms with Gasteiger partial charge in [-0.3, -0.25) is 4.79 Å². The first kappa shape index (κ1) is 23.1. The lowest BCUT2D eigenvalue weighted by atomic mass is 10.1. The summed E-state index contributed by atoms with van der Waals surface area (Å²) < 4.78 is 26.4. The Hall–Kier alpha value is -4.12. The highest BCUT2D eigenvalue weighted by molar-refractivity contribution is 7.13. The number of pyridine rings is 1. The number of ether oxygens (including phenoxy) is 4. The topological polar surface area (TPSA) is 122 Å². The minimum Gasteiger partial charge on any atom is -0.493 e. The van der Waals surface area contributed by atoms with E-state index in [1.54, 1.807) is 25.1 Å². The number of nitrogens with zero attached hydrogens (tertiary/aromatic N) is 2. The van der Waals surface area contributed by atoms with E-state index in [0.717, 1.165) is 4.88 Å². The zero-order valence-corrected chi connectivity index (χ0v) is 19.6. The molecule has 0 fully saturated rings. The molecule has 1 aromatic carbocycles. The van der Waals surface area contributed by atoms with Gasteiger partial charge in [0.25, 0.3) is 11.6 Å². The summed E-state index contributed by atoms with van der Waals surface area (Å²) in [6.07, 6.45) is 0. The van der Waals surface area contributed by atoms with Crippen molar-refractivity contribution in [3.63, 3.8) is 0 Å². The molecule has 34 heavy (non-hydrogen) atoms. The number of nitrogens with one attached hydrogen (secondary N) is 1. The predicted octanol–water partition coefficient (Wildman–Crippen LogP) is 4.08. The van der Waals surface area contributed by atoms with Crippen LogP contribution in [0.5, 0.6) is 17.2 Å². The van der Waals surface area contributed by atoms with Crippen LogP contribution in [0.25, 0.3) is 21.7 Å². The number of rotatable bonds is 8. The van der Waals surface area contributed by atoms with Gasteiger partial charge in [0.15, 0.2) is 18.1 Å². The van der Waals surface area contributed by atoms with E-state index in [-0.39, 0.29) is 11.3 Å². The summed E-state index contributed by atoms with van der Waals surface area (Å²) in [5.41, 5.74) is 1.86. The van der Waals surface area contributed by atoms with Crippen molar-refractivity contribution in [1.82, 2.24) is 10.1 Å². The Bertz CT molecular complexity index is 1320. The van der Waals surface area contributed by atoms with E-state index in [1.807, 2.05) is 17.5 Å². The van der Waals surface area contributed by atoms with E-state index >= 15 is 0 Å². The quantitative estimate of drug-likeness (QED) is 0.369. The lowest BCUT2D eigenvalue weighted by Crippen LogP contribution is -2.21. The number of aryl methyl sites for hydroxylation is 1. The van der Waals surface area contributed by atoms with Gasteiger partial charge in [0.05, 0.1) is 48.5 Å². The van der Waals surface area contributed by atoms with Crippen LogP contribution < -0.4 is 19.5 Å². The molecule has 176 valence electrons.